The van der Waals surface area contributed by atoms with E-state index >= 15 is 0 Å². The Labute approximate surface area is 121 Å². The molecule has 6 nitrogen and oxygen atoms in total. The monoisotopic (exact) mass is 285 g/mol. The van der Waals surface area contributed by atoms with Gasteiger partial charge in [-0.1, -0.05) is 23.8 Å². The molecule has 0 saturated carbocycles. The van der Waals surface area contributed by atoms with Gasteiger partial charge in [-0.3, -0.25) is 14.9 Å². The van der Waals surface area contributed by atoms with Gasteiger partial charge in [-0.2, -0.15) is 0 Å². The summed E-state index contributed by atoms with van der Waals surface area (Å²) in [6, 6.07) is 11.3. The number of anilines is 1. The van der Waals surface area contributed by atoms with Gasteiger partial charge in [0.1, 0.15) is 0 Å². The molecule has 3 N–H and O–H groups in total. The number of amides is 1. The molecule has 21 heavy (non-hydrogen) atoms. The van der Waals surface area contributed by atoms with Gasteiger partial charge in [0.2, 0.25) is 0 Å². The van der Waals surface area contributed by atoms with Crippen LogP contribution >= 0.6 is 0 Å². The predicted molar refractivity (Wildman–Crippen MR) is 79.9 cm³/mol. The molecule has 0 aliphatic carbocycles. The summed E-state index contributed by atoms with van der Waals surface area (Å²) in [6.07, 6.45) is 0. The second kappa shape index (κ2) is 6.04. The minimum atomic E-state index is -0.462. The molecule has 1 amide bonds. The van der Waals surface area contributed by atoms with Crippen molar-refractivity contribution in [1.29, 1.82) is 0 Å². The van der Waals surface area contributed by atoms with Crippen LogP contribution in [0.15, 0.2) is 42.5 Å². The number of carbonyl (C=O) groups is 1. The molecule has 0 aliphatic heterocycles. The fourth-order valence-corrected chi connectivity index (χ4v) is 1.88. The molecule has 0 aliphatic rings. The number of nitrogen functional groups attached to an aromatic ring is 1. The van der Waals surface area contributed by atoms with Crippen LogP contribution in [-0.4, -0.2) is 10.8 Å². The van der Waals surface area contributed by atoms with Gasteiger partial charge < -0.3 is 11.1 Å². The first kappa shape index (κ1) is 14.5. The topological polar surface area (TPSA) is 98.3 Å². The second-order valence-electron chi connectivity index (χ2n) is 4.70. The molecule has 0 saturated heterocycles. The van der Waals surface area contributed by atoms with Crippen molar-refractivity contribution < 1.29 is 9.72 Å². The number of aryl methyl sites for hydroxylation is 1. The van der Waals surface area contributed by atoms with Crippen molar-refractivity contribution in [1.82, 2.24) is 5.32 Å². The molecule has 2 rings (SSSR count). The summed E-state index contributed by atoms with van der Waals surface area (Å²) in [6.45, 7) is 2.16. The first-order chi connectivity index (χ1) is 9.97. The molecule has 2 aromatic carbocycles. The summed E-state index contributed by atoms with van der Waals surface area (Å²) in [5.41, 5.74) is 8.37. The lowest BCUT2D eigenvalue weighted by molar-refractivity contribution is -0.384. The molecule has 6 heteroatoms. The first-order valence-corrected chi connectivity index (χ1v) is 6.35. The highest BCUT2D eigenvalue weighted by molar-refractivity contribution is 5.99. The minimum Gasteiger partial charge on any atom is -0.398 e. The molecule has 0 atom stereocenters. The molecule has 0 spiro atoms. The number of nitro benzene ring substituents is 1. The third kappa shape index (κ3) is 3.56. The van der Waals surface area contributed by atoms with E-state index in [0.717, 1.165) is 11.1 Å². The Hall–Kier alpha value is -2.89. The number of hydrogen-bond acceptors (Lipinski definition) is 4. The van der Waals surface area contributed by atoms with Crippen LogP contribution in [0.3, 0.4) is 0 Å². The van der Waals surface area contributed by atoms with Crippen LogP contribution in [0.5, 0.6) is 0 Å². The van der Waals surface area contributed by atoms with E-state index in [2.05, 4.69) is 5.32 Å². The van der Waals surface area contributed by atoms with Crippen LogP contribution in [0.4, 0.5) is 11.4 Å². The van der Waals surface area contributed by atoms with E-state index in [1.54, 1.807) is 24.3 Å². The summed E-state index contributed by atoms with van der Waals surface area (Å²) < 4.78 is 0. The van der Waals surface area contributed by atoms with Crippen molar-refractivity contribution in [2.75, 3.05) is 5.73 Å². The van der Waals surface area contributed by atoms with E-state index in [1.807, 2.05) is 13.0 Å². The normalized spacial score (nSPS) is 10.1. The Morgan fingerprint density at radius 1 is 1.24 bits per heavy atom. The minimum absolute atomic E-state index is 0.0213. The maximum absolute atomic E-state index is 12.1. The van der Waals surface area contributed by atoms with Crippen LogP contribution < -0.4 is 11.1 Å². The van der Waals surface area contributed by atoms with E-state index in [4.69, 9.17) is 5.73 Å². The Kier molecular flexibility index (Phi) is 4.18. The van der Waals surface area contributed by atoms with E-state index in [1.165, 1.54) is 12.1 Å². The van der Waals surface area contributed by atoms with Gasteiger partial charge in [0, 0.05) is 24.4 Å². The number of non-ortho nitro benzene ring substituents is 1. The zero-order valence-electron chi connectivity index (χ0n) is 11.5. The Morgan fingerprint density at radius 2 is 1.90 bits per heavy atom. The third-order valence-electron chi connectivity index (χ3n) is 3.05. The first-order valence-electron chi connectivity index (χ1n) is 6.35. The molecule has 0 radical (unpaired) electrons. The number of nitrogens with one attached hydrogen (secondary N) is 1. The van der Waals surface area contributed by atoms with Crippen LogP contribution in [0.2, 0.25) is 0 Å². The average molecular weight is 285 g/mol. The molecule has 0 unspecified atom stereocenters. The third-order valence-corrected chi connectivity index (χ3v) is 3.05. The molecule has 0 heterocycles. The predicted octanol–water partition coefficient (Wildman–Crippen LogP) is 2.42. The van der Waals surface area contributed by atoms with Crippen LogP contribution in [0, 0.1) is 17.0 Å². The smallest absolute Gasteiger partial charge is 0.269 e. The molecule has 0 fully saturated rings. The molecular formula is C15H15N3O3. The highest BCUT2D eigenvalue weighted by Gasteiger charge is 2.10. The van der Waals surface area contributed by atoms with E-state index in [-0.39, 0.29) is 18.1 Å². The van der Waals surface area contributed by atoms with Gasteiger partial charge in [-0.15, -0.1) is 0 Å². The summed E-state index contributed by atoms with van der Waals surface area (Å²) in [7, 11) is 0. The maximum atomic E-state index is 12.1. The molecule has 108 valence electrons. The molecule has 0 bridgehead atoms. The SMILES string of the molecule is Cc1ccc(N)c(C(=O)NCc2ccc([N+](=O)[O-])cc2)c1. The zero-order valence-corrected chi connectivity index (χ0v) is 11.5. The largest absolute Gasteiger partial charge is 0.398 e. The van der Waals surface area contributed by atoms with Gasteiger partial charge in [0.25, 0.3) is 11.6 Å². The summed E-state index contributed by atoms with van der Waals surface area (Å²) in [4.78, 5) is 22.2. The standard InChI is InChI=1S/C15H15N3O3/c1-10-2-7-14(16)13(8-10)15(19)17-9-11-3-5-12(6-4-11)18(20)21/h2-8H,9,16H2,1H3,(H,17,19). The van der Waals surface area contributed by atoms with E-state index in [9.17, 15) is 14.9 Å². The van der Waals surface area contributed by atoms with Gasteiger partial charge in [-0.25, -0.2) is 0 Å². The highest BCUT2D eigenvalue weighted by atomic mass is 16.6. The van der Waals surface area contributed by atoms with Crippen molar-refractivity contribution in [2.24, 2.45) is 0 Å². The number of nitrogens with zero attached hydrogens (tertiary/aromatic N) is 1. The Morgan fingerprint density at radius 3 is 2.52 bits per heavy atom. The molecule has 0 aromatic heterocycles. The fraction of sp³-hybridized carbons (Fsp3) is 0.133. The summed E-state index contributed by atoms with van der Waals surface area (Å²) in [5.74, 6) is -0.269. The Bertz CT molecular complexity index is 681. The van der Waals surface area contributed by atoms with Gasteiger partial charge in [0.05, 0.1) is 10.5 Å². The van der Waals surface area contributed by atoms with E-state index in [0.29, 0.717) is 11.3 Å². The van der Waals surface area contributed by atoms with E-state index < -0.39 is 4.92 Å². The number of hydrogen-bond donors (Lipinski definition) is 2. The number of carbonyl (C=O) groups excluding carboxylic acids is 1. The number of nitrogens with two attached hydrogens (primary N) is 1. The lowest BCUT2D eigenvalue weighted by Crippen LogP contribution is -2.23. The van der Waals surface area contributed by atoms with Crippen molar-refractivity contribution in [2.45, 2.75) is 13.5 Å². The van der Waals surface area contributed by atoms with Crippen molar-refractivity contribution in [3.05, 3.63) is 69.3 Å². The van der Waals surface area contributed by atoms with Crippen LogP contribution in [0.25, 0.3) is 0 Å². The number of benzene rings is 2. The van der Waals surface area contributed by atoms with Crippen LogP contribution in [-0.2, 0) is 6.54 Å². The highest BCUT2D eigenvalue weighted by Crippen LogP contribution is 2.15. The van der Waals surface area contributed by atoms with Crippen LogP contribution in [0.1, 0.15) is 21.5 Å². The van der Waals surface area contributed by atoms with Crippen molar-refractivity contribution in [3.63, 3.8) is 0 Å². The Balaban J connectivity index is 2.04. The number of nitro groups is 1. The average Bonchev–Trinajstić information content (AvgIpc) is 2.47. The number of rotatable bonds is 4. The van der Waals surface area contributed by atoms with Gasteiger partial charge >= 0.3 is 0 Å². The van der Waals surface area contributed by atoms with Gasteiger partial charge in [-0.05, 0) is 24.6 Å². The lowest BCUT2D eigenvalue weighted by Gasteiger charge is -2.08. The summed E-state index contributed by atoms with van der Waals surface area (Å²) in [5, 5.41) is 13.3. The molecule has 2 aromatic rings. The van der Waals surface area contributed by atoms with Crippen molar-refractivity contribution >= 4 is 17.3 Å². The molecular weight excluding hydrogens is 270 g/mol. The quantitative estimate of drug-likeness (QED) is 0.512. The lowest BCUT2D eigenvalue weighted by atomic mass is 10.1. The van der Waals surface area contributed by atoms with Gasteiger partial charge in [0.15, 0.2) is 0 Å². The maximum Gasteiger partial charge on any atom is 0.269 e. The fourth-order valence-electron chi connectivity index (χ4n) is 1.88. The summed E-state index contributed by atoms with van der Waals surface area (Å²) >= 11 is 0. The zero-order chi connectivity index (χ0) is 15.4. The second-order valence-corrected chi connectivity index (χ2v) is 4.70. The van der Waals surface area contributed by atoms with Crippen molar-refractivity contribution in [3.8, 4) is 0 Å².